The van der Waals surface area contributed by atoms with Crippen LogP contribution in [0.4, 0.5) is 0 Å². The number of hydrogen-bond donors (Lipinski definition) is 0. The van der Waals surface area contributed by atoms with Gasteiger partial charge in [-0.25, -0.2) is 0 Å². The van der Waals surface area contributed by atoms with Crippen molar-refractivity contribution in [2.45, 2.75) is 26.2 Å². The van der Waals surface area contributed by atoms with E-state index in [2.05, 4.69) is 286 Å². The minimum atomic E-state index is -0.397. The number of benzene rings is 11. The van der Waals surface area contributed by atoms with Crippen LogP contribution in [0.3, 0.4) is 0 Å². The number of aryl methyl sites for hydroxylation is 3. The van der Waals surface area contributed by atoms with Crippen molar-refractivity contribution < 1.29 is 0 Å². The maximum Gasteiger partial charge on any atom is 0.0713 e. The van der Waals surface area contributed by atoms with Crippen LogP contribution in [-0.4, -0.2) is 4.57 Å². The van der Waals surface area contributed by atoms with Gasteiger partial charge in [0.25, 0.3) is 0 Å². The topological polar surface area (TPSA) is 4.93 Å². The van der Waals surface area contributed by atoms with Gasteiger partial charge in [-0.2, -0.15) is 0 Å². The van der Waals surface area contributed by atoms with Crippen LogP contribution in [0.1, 0.15) is 38.9 Å². The minimum Gasteiger partial charge on any atom is -0.309 e. The fraction of sp³-hybridized carbons (Fsp3) is 0.0571. The summed E-state index contributed by atoms with van der Waals surface area (Å²) in [6, 6.07) is 101. The summed E-state index contributed by atoms with van der Waals surface area (Å²) >= 11 is 0. The smallest absolute Gasteiger partial charge is 0.0713 e. The van der Waals surface area contributed by atoms with E-state index < -0.39 is 5.41 Å². The minimum absolute atomic E-state index is 0.397. The van der Waals surface area contributed by atoms with Crippen LogP contribution in [-0.2, 0) is 5.41 Å². The maximum atomic E-state index is 2.46. The lowest BCUT2D eigenvalue weighted by atomic mass is 9.68. The number of para-hydroxylation sites is 1. The molecule has 0 atom stereocenters. The van der Waals surface area contributed by atoms with Crippen LogP contribution >= 0.6 is 0 Å². The molecule has 0 unspecified atom stereocenters. The van der Waals surface area contributed by atoms with Crippen LogP contribution in [0.25, 0.3) is 72.0 Å². The first-order valence-electron chi connectivity index (χ1n) is 24.7. The van der Waals surface area contributed by atoms with Gasteiger partial charge in [0.15, 0.2) is 0 Å². The van der Waals surface area contributed by atoms with E-state index in [0.717, 1.165) is 0 Å². The summed E-state index contributed by atoms with van der Waals surface area (Å²) < 4.78 is 2.46. The summed E-state index contributed by atoms with van der Waals surface area (Å²) in [5, 5.41) is 2.54. The Labute approximate surface area is 418 Å². The molecule has 0 bridgehead atoms. The van der Waals surface area contributed by atoms with Crippen LogP contribution in [0.15, 0.2) is 279 Å². The predicted molar refractivity (Wildman–Crippen MR) is 301 cm³/mol. The molecule has 1 nitrogen and oxygen atoms in total. The van der Waals surface area contributed by atoms with Gasteiger partial charge in [-0.1, -0.05) is 271 Å². The average molecular weight is 910 g/mol. The molecule has 0 aliphatic heterocycles. The van der Waals surface area contributed by atoms with E-state index in [1.807, 2.05) is 18.2 Å². The molecule has 0 N–H and O–H groups in total. The van der Waals surface area contributed by atoms with Gasteiger partial charge in [0, 0.05) is 16.5 Å². The molecule has 0 saturated heterocycles. The second-order valence-electron chi connectivity index (χ2n) is 18.6. The lowest BCUT2D eigenvalue weighted by molar-refractivity contribution is 0.768. The monoisotopic (exact) mass is 909 g/mol. The molecule has 1 aromatic heterocycles. The van der Waals surface area contributed by atoms with Crippen molar-refractivity contribution in [1.82, 2.24) is 4.57 Å². The van der Waals surface area contributed by atoms with Gasteiger partial charge in [0.1, 0.15) is 0 Å². The van der Waals surface area contributed by atoms with Crippen LogP contribution in [0.5, 0.6) is 0 Å². The standard InChI is InChI=1S/C44H31N.C19H16.C7H8/c1-30-13-12-14-31(27-30)32-23-25-38-37-20-9-11-22-42(37)45(43(38)28-32)35-24-26-41-39(29-35)36-19-8-10-21-40(36)44(41,33-15-4-2-5-16-33)34-17-6-3-7-18-34;1-15-11-13-17(14-12-15)19-10-6-5-9-18(19)16-7-3-2-4-8-16;1-7-5-3-2-4-6-7/h2-29H,1H3;2-14H,1H3;2-6H,1H3. The first-order chi connectivity index (χ1) is 35.0. The Balaban J connectivity index is 0.000000172. The summed E-state index contributed by atoms with van der Waals surface area (Å²) in [7, 11) is 0. The largest absolute Gasteiger partial charge is 0.309 e. The molecule has 0 saturated carbocycles. The summed E-state index contributed by atoms with van der Waals surface area (Å²) in [4.78, 5) is 0. The van der Waals surface area contributed by atoms with Crippen LogP contribution in [0, 0.1) is 20.8 Å². The van der Waals surface area contributed by atoms with Gasteiger partial charge in [-0.15, -0.1) is 0 Å². The Morgan fingerprint density at radius 1 is 0.268 bits per heavy atom. The van der Waals surface area contributed by atoms with E-state index in [9.17, 15) is 0 Å². The normalized spacial score (nSPS) is 12.0. The molecular formula is C70H55N. The second-order valence-corrected chi connectivity index (χ2v) is 18.6. The number of fused-ring (bicyclic) bond motifs is 6. The Morgan fingerprint density at radius 3 is 1.37 bits per heavy atom. The number of aromatic nitrogens is 1. The molecule has 0 spiro atoms. The van der Waals surface area contributed by atoms with Crippen LogP contribution in [0.2, 0.25) is 0 Å². The molecular weight excluding hydrogens is 855 g/mol. The van der Waals surface area contributed by atoms with Gasteiger partial charge in [-0.3, -0.25) is 0 Å². The second kappa shape index (κ2) is 19.7. The van der Waals surface area contributed by atoms with Gasteiger partial charge >= 0.3 is 0 Å². The lowest BCUT2D eigenvalue weighted by Gasteiger charge is -2.33. The van der Waals surface area contributed by atoms with Crippen LogP contribution < -0.4 is 0 Å². The Kier molecular flexibility index (Phi) is 12.4. The van der Waals surface area contributed by atoms with Gasteiger partial charge in [0.05, 0.1) is 16.4 Å². The summed E-state index contributed by atoms with van der Waals surface area (Å²) in [5.41, 5.74) is 22.5. The summed E-state index contributed by atoms with van der Waals surface area (Å²) in [5.74, 6) is 0. The maximum absolute atomic E-state index is 2.46. The van der Waals surface area contributed by atoms with Gasteiger partial charge in [-0.05, 0) is 112 Å². The SMILES string of the molecule is Cc1ccc(-c2ccccc2-c2ccccc2)cc1.Cc1cccc(-c2ccc3c4ccccc4n(-c4ccc5c(c4)-c4ccccc4C5(c4ccccc4)c4ccccc4)c3c2)c1.Cc1ccccc1. The third-order valence-electron chi connectivity index (χ3n) is 14.0. The molecule has 1 heterocycles. The number of nitrogens with zero attached hydrogens (tertiary/aromatic N) is 1. The first-order valence-corrected chi connectivity index (χ1v) is 24.7. The third kappa shape index (κ3) is 8.58. The van der Waals surface area contributed by atoms with Crippen molar-refractivity contribution in [2.24, 2.45) is 0 Å². The van der Waals surface area contributed by atoms with E-state index in [0.29, 0.717) is 0 Å². The van der Waals surface area contributed by atoms with Gasteiger partial charge in [0.2, 0.25) is 0 Å². The highest BCUT2D eigenvalue weighted by atomic mass is 15.0. The first kappa shape index (κ1) is 44.7. The zero-order valence-corrected chi connectivity index (χ0v) is 40.5. The lowest BCUT2D eigenvalue weighted by Crippen LogP contribution is -2.28. The average Bonchev–Trinajstić information content (AvgIpc) is 3.93. The van der Waals surface area contributed by atoms with Crippen molar-refractivity contribution in [3.05, 3.63) is 318 Å². The highest BCUT2D eigenvalue weighted by Gasteiger charge is 2.46. The molecule has 0 fully saturated rings. The van der Waals surface area contributed by atoms with E-state index in [4.69, 9.17) is 0 Å². The molecule has 12 aromatic rings. The highest BCUT2D eigenvalue weighted by Crippen LogP contribution is 2.56. The summed E-state index contributed by atoms with van der Waals surface area (Å²) in [6.07, 6.45) is 0. The number of hydrogen-bond acceptors (Lipinski definition) is 0. The quantitative estimate of drug-likeness (QED) is 0.157. The molecule has 11 aromatic carbocycles. The van der Waals surface area contributed by atoms with Crippen molar-refractivity contribution in [3.63, 3.8) is 0 Å². The highest BCUT2D eigenvalue weighted by molar-refractivity contribution is 6.10. The summed E-state index contributed by atoms with van der Waals surface area (Å²) in [6.45, 7) is 6.36. The Hall–Kier alpha value is -8.78. The molecule has 1 aliphatic carbocycles. The molecule has 0 amide bonds. The molecule has 1 heteroatoms. The molecule has 1 aliphatic rings. The van der Waals surface area contributed by atoms with Crippen molar-refractivity contribution in [2.75, 3.05) is 0 Å². The third-order valence-corrected chi connectivity index (χ3v) is 14.0. The molecule has 0 radical (unpaired) electrons. The van der Waals surface area contributed by atoms with E-state index in [1.165, 1.54) is 111 Å². The molecule has 71 heavy (non-hydrogen) atoms. The van der Waals surface area contributed by atoms with E-state index in [1.54, 1.807) is 0 Å². The Bertz CT molecular complexity index is 3710. The van der Waals surface area contributed by atoms with E-state index >= 15 is 0 Å². The van der Waals surface area contributed by atoms with Crippen molar-refractivity contribution in [1.29, 1.82) is 0 Å². The molecule has 13 rings (SSSR count). The van der Waals surface area contributed by atoms with E-state index in [-0.39, 0.29) is 0 Å². The zero-order chi connectivity index (χ0) is 48.2. The Morgan fingerprint density at radius 2 is 0.732 bits per heavy atom. The molecule has 340 valence electrons. The van der Waals surface area contributed by atoms with Crippen molar-refractivity contribution >= 4 is 21.8 Å². The zero-order valence-electron chi connectivity index (χ0n) is 40.5. The fourth-order valence-electron chi connectivity index (χ4n) is 10.7. The fourth-order valence-corrected chi connectivity index (χ4v) is 10.7. The van der Waals surface area contributed by atoms with Crippen molar-refractivity contribution in [3.8, 4) is 50.2 Å². The van der Waals surface area contributed by atoms with Gasteiger partial charge < -0.3 is 4.57 Å². The predicted octanol–water partition coefficient (Wildman–Crippen LogP) is 18.4. The number of rotatable bonds is 6.